The quantitative estimate of drug-likeness (QED) is 0.752. The highest BCUT2D eigenvalue weighted by Gasteiger charge is 2.11. The lowest BCUT2D eigenvalue weighted by atomic mass is 10.3. The van der Waals surface area contributed by atoms with Crippen molar-refractivity contribution in [2.24, 2.45) is 5.73 Å². The van der Waals surface area contributed by atoms with Crippen molar-refractivity contribution >= 4 is 27.5 Å². The summed E-state index contributed by atoms with van der Waals surface area (Å²) in [5, 5.41) is 3.43. The van der Waals surface area contributed by atoms with E-state index in [0.717, 1.165) is 5.03 Å². The van der Waals surface area contributed by atoms with Gasteiger partial charge in [0.15, 0.2) is 0 Å². The van der Waals surface area contributed by atoms with E-state index in [2.05, 4.69) is 10.3 Å². The van der Waals surface area contributed by atoms with Gasteiger partial charge in [0.05, 0.1) is 6.04 Å². The average molecular weight is 243 g/mol. The van der Waals surface area contributed by atoms with Gasteiger partial charge in [0.1, 0.15) is 5.03 Å². The zero-order chi connectivity index (χ0) is 11.1. The summed E-state index contributed by atoms with van der Waals surface area (Å²) in [6.45, 7) is 0. The summed E-state index contributed by atoms with van der Waals surface area (Å²) in [5.74, 6) is 0.435. The Kier molecular flexibility index (Phi) is 5.52. The van der Waals surface area contributed by atoms with Crippen LogP contribution in [0.5, 0.6) is 0 Å². The van der Waals surface area contributed by atoms with Gasteiger partial charge in [-0.05, 0) is 22.9 Å². The van der Waals surface area contributed by atoms with Gasteiger partial charge >= 0.3 is 0 Å². The highest BCUT2D eigenvalue weighted by Crippen LogP contribution is 2.28. The van der Waals surface area contributed by atoms with Crippen molar-refractivity contribution in [2.75, 3.05) is 12.8 Å². The Balaban J connectivity index is 2.25. The normalized spacial score (nSPS) is 12.1. The van der Waals surface area contributed by atoms with E-state index in [9.17, 15) is 4.79 Å². The number of rotatable bonds is 5. The maximum atomic E-state index is 11.1. The first-order valence-corrected chi connectivity index (χ1v) is 6.73. The molecule has 1 rings (SSSR count). The second-order valence-corrected chi connectivity index (χ2v) is 5.12. The minimum absolute atomic E-state index is 0.135. The number of nitrogens with two attached hydrogens (primary N) is 1. The molecule has 0 radical (unpaired) electrons. The van der Waals surface area contributed by atoms with E-state index in [1.807, 2.05) is 18.2 Å². The second-order valence-electron chi connectivity index (χ2n) is 2.76. The Morgan fingerprint density at radius 2 is 2.47 bits per heavy atom. The molecule has 0 fully saturated rings. The van der Waals surface area contributed by atoms with E-state index in [4.69, 9.17) is 5.73 Å². The minimum atomic E-state index is -0.462. The lowest BCUT2D eigenvalue weighted by molar-refractivity contribution is -0.121. The van der Waals surface area contributed by atoms with Crippen molar-refractivity contribution in [1.82, 2.24) is 10.3 Å². The highest BCUT2D eigenvalue weighted by molar-refractivity contribution is 8.76. The Hall–Kier alpha value is -0.720. The summed E-state index contributed by atoms with van der Waals surface area (Å²) in [6, 6.07) is 5.25. The maximum absolute atomic E-state index is 11.1. The van der Waals surface area contributed by atoms with Crippen LogP contribution in [0.25, 0.3) is 0 Å². The van der Waals surface area contributed by atoms with Crippen LogP contribution in [-0.2, 0) is 4.79 Å². The van der Waals surface area contributed by atoms with E-state index in [0.29, 0.717) is 5.75 Å². The van der Waals surface area contributed by atoms with Crippen LogP contribution in [0.4, 0.5) is 0 Å². The highest BCUT2D eigenvalue weighted by atomic mass is 33.1. The Labute approximate surface area is 96.8 Å². The van der Waals surface area contributed by atoms with Gasteiger partial charge in [0.2, 0.25) is 5.91 Å². The molecule has 1 atom stereocenters. The predicted molar refractivity (Wildman–Crippen MR) is 64.6 cm³/mol. The number of hydrogen-bond acceptors (Lipinski definition) is 5. The third-order valence-corrected chi connectivity index (χ3v) is 3.91. The van der Waals surface area contributed by atoms with Crippen molar-refractivity contribution in [2.45, 2.75) is 11.1 Å². The van der Waals surface area contributed by atoms with E-state index in [-0.39, 0.29) is 5.91 Å². The van der Waals surface area contributed by atoms with Gasteiger partial charge in [-0.15, -0.1) is 0 Å². The van der Waals surface area contributed by atoms with Crippen molar-refractivity contribution < 1.29 is 4.79 Å². The number of nitrogens with zero attached hydrogens (tertiary/aromatic N) is 1. The lowest BCUT2D eigenvalue weighted by Crippen LogP contribution is -2.40. The number of hydrogen-bond donors (Lipinski definition) is 2. The first-order chi connectivity index (χ1) is 7.24. The number of amides is 1. The molecule has 0 aliphatic heterocycles. The Morgan fingerprint density at radius 3 is 3.07 bits per heavy atom. The molecule has 82 valence electrons. The first kappa shape index (κ1) is 12.4. The van der Waals surface area contributed by atoms with Gasteiger partial charge in [0, 0.05) is 19.0 Å². The van der Waals surface area contributed by atoms with Crippen LogP contribution in [0.3, 0.4) is 0 Å². The summed E-state index contributed by atoms with van der Waals surface area (Å²) >= 11 is 0. The standard InChI is InChI=1S/C9H13N3OS2/c1-11-9(13)7(10)6-14-15-8-4-2-3-5-12-8/h2-5,7H,6,10H2,1H3,(H,11,13)/t7-/m1/s1. The van der Waals surface area contributed by atoms with Gasteiger partial charge < -0.3 is 11.1 Å². The molecule has 0 saturated heterocycles. The van der Waals surface area contributed by atoms with Gasteiger partial charge in [0.25, 0.3) is 0 Å². The van der Waals surface area contributed by atoms with E-state index >= 15 is 0 Å². The average Bonchev–Trinajstić information content (AvgIpc) is 2.29. The third kappa shape index (κ3) is 4.55. The number of aromatic nitrogens is 1. The fourth-order valence-corrected chi connectivity index (χ4v) is 2.85. The minimum Gasteiger partial charge on any atom is -0.358 e. The summed E-state index contributed by atoms with van der Waals surface area (Å²) in [6.07, 6.45) is 1.74. The molecule has 15 heavy (non-hydrogen) atoms. The smallest absolute Gasteiger partial charge is 0.237 e. The molecule has 0 unspecified atom stereocenters. The summed E-state index contributed by atoms with van der Waals surface area (Å²) in [4.78, 5) is 15.2. The molecule has 1 aromatic rings. The van der Waals surface area contributed by atoms with Crippen LogP contribution in [-0.4, -0.2) is 29.7 Å². The second kappa shape index (κ2) is 6.71. The monoisotopic (exact) mass is 243 g/mol. The van der Waals surface area contributed by atoms with Gasteiger partial charge in [-0.25, -0.2) is 4.98 Å². The van der Waals surface area contributed by atoms with Gasteiger partial charge in [-0.2, -0.15) is 0 Å². The molecule has 3 N–H and O–H groups in total. The molecule has 0 spiro atoms. The number of nitrogens with one attached hydrogen (secondary N) is 1. The van der Waals surface area contributed by atoms with Crippen LogP contribution in [0.1, 0.15) is 0 Å². The first-order valence-electron chi connectivity index (χ1n) is 4.41. The zero-order valence-electron chi connectivity index (χ0n) is 8.34. The number of likely N-dealkylation sites (N-methyl/N-ethyl adjacent to an activating group) is 1. The molecule has 0 bridgehead atoms. The Bertz CT molecular complexity index is 307. The van der Waals surface area contributed by atoms with Crippen LogP contribution >= 0.6 is 21.6 Å². The molecule has 0 aromatic carbocycles. The van der Waals surface area contributed by atoms with Gasteiger partial charge in [-0.1, -0.05) is 16.9 Å². The molecule has 1 amide bonds. The van der Waals surface area contributed by atoms with E-state index < -0.39 is 6.04 Å². The van der Waals surface area contributed by atoms with Crippen molar-refractivity contribution in [1.29, 1.82) is 0 Å². The lowest BCUT2D eigenvalue weighted by Gasteiger charge is -2.08. The van der Waals surface area contributed by atoms with E-state index in [1.54, 1.807) is 13.2 Å². The number of carbonyl (C=O) groups excluding carboxylic acids is 1. The molecule has 1 aromatic heterocycles. The Morgan fingerprint density at radius 1 is 1.67 bits per heavy atom. The van der Waals surface area contributed by atoms with Crippen molar-refractivity contribution in [3.8, 4) is 0 Å². The largest absolute Gasteiger partial charge is 0.358 e. The van der Waals surface area contributed by atoms with Crippen LogP contribution in [0.15, 0.2) is 29.4 Å². The predicted octanol–water partition coefficient (Wildman–Crippen LogP) is 0.895. The topological polar surface area (TPSA) is 68.0 Å². The number of pyridine rings is 1. The van der Waals surface area contributed by atoms with Crippen molar-refractivity contribution in [3.05, 3.63) is 24.4 Å². The fraction of sp³-hybridized carbons (Fsp3) is 0.333. The third-order valence-electron chi connectivity index (χ3n) is 1.61. The van der Waals surface area contributed by atoms with Crippen LogP contribution in [0.2, 0.25) is 0 Å². The molecule has 0 aliphatic carbocycles. The fourth-order valence-electron chi connectivity index (χ4n) is 0.825. The maximum Gasteiger partial charge on any atom is 0.237 e. The number of carbonyl (C=O) groups is 1. The van der Waals surface area contributed by atoms with Crippen LogP contribution in [0, 0.1) is 0 Å². The molecule has 6 heteroatoms. The summed E-state index contributed by atoms with van der Waals surface area (Å²) < 4.78 is 0. The van der Waals surface area contributed by atoms with Crippen LogP contribution < -0.4 is 11.1 Å². The molecular weight excluding hydrogens is 230 g/mol. The van der Waals surface area contributed by atoms with Gasteiger partial charge in [-0.3, -0.25) is 4.79 Å². The zero-order valence-corrected chi connectivity index (χ0v) is 9.98. The summed E-state index contributed by atoms with van der Waals surface area (Å²) in [7, 11) is 4.63. The van der Waals surface area contributed by atoms with Crippen molar-refractivity contribution in [3.63, 3.8) is 0 Å². The SMILES string of the molecule is CNC(=O)[C@H](N)CSSc1ccccn1. The molecule has 1 heterocycles. The molecular formula is C9H13N3OS2. The van der Waals surface area contributed by atoms with E-state index in [1.165, 1.54) is 21.6 Å². The molecule has 0 saturated carbocycles. The summed E-state index contributed by atoms with van der Waals surface area (Å²) in [5.41, 5.74) is 5.63. The molecule has 4 nitrogen and oxygen atoms in total. The molecule has 0 aliphatic rings.